The van der Waals surface area contributed by atoms with Crippen LogP contribution in [0.25, 0.3) is 16.9 Å². The predicted molar refractivity (Wildman–Crippen MR) is 90.6 cm³/mol. The second-order valence-electron chi connectivity index (χ2n) is 6.46. The maximum Gasteiger partial charge on any atom is 0.261 e. The quantitative estimate of drug-likeness (QED) is 0.777. The minimum absolute atomic E-state index is 0.0852. The molecular formula is C18H16F2N5O. The largest absolute Gasteiger partial charge is 0.365 e. The third kappa shape index (κ3) is 3.03. The van der Waals surface area contributed by atoms with Gasteiger partial charge in [-0.25, -0.2) is 18.3 Å². The van der Waals surface area contributed by atoms with Gasteiger partial charge < -0.3 is 5.73 Å². The highest BCUT2D eigenvalue weighted by atomic mass is 19.3. The van der Waals surface area contributed by atoms with Gasteiger partial charge in [0, 0.05) is 25.1 Å². The molecule has 3 heterocycles. The first-order valence-corrected chi connectivity index (χ1v) is 8.18. The number of nitrogens with two attached hydrogens (primary N) is 1. The standard InChI is InChI=1S/C18H16F2N5O/c19-18(20)7-8-24(10-18)9-12-1-3-13(4-2-12)15-6-5-14(16(21)26)17-22-11-23-25(15)17/h1-6H,7-10H2,(H2,21,26). The lowest BCUT2D eigenvalue weighted by Gasteiger charge is -2.15. The Kier molecular flexibility index (Phi) is 3.91. The van der Waals surface area contributed by atoms with Crippen LogP contribution in [0, 0.1) is 6.33 Å². The molecule has 3 aromatic rings. The van der Waals surface area contributed by atoms with Gasteiger partial charge in [-0.2, -0.15) is 0 Å². The van der Waals surface area contributed by atoms with E-state index in [2.05, 4.69) is 16.4 Å². The summed E-state index contributed by atoms with van der Waals surface area (Å²) >= 11 is 0. The molecule has 0 saturated carbocycles. The summed E-state index contributed by atoms with van der Waals surface area (Å²) < 4.78 is 28.1. The summed E-state index contributed by atoms with van der Waals surface area (Å²) in [5, 5.41) is 4.04. The number of hydrogen-bond acceptors (Lipinski definition) is 4. The monoisotopic (exact) mass is 356 g/mol. The first-order chi connectivity index (χ1) is 12.4. The maximum atomic E-state index is 13.3. The van der Waals surface area contributed by atoms with E-state index in [0.29, 0.717) is 18.7 Å². The van der Waals surface area contributed by atoms with E-state index in [1.165, 1.54) is 4.52 Å². The van der Waals surface area contributed by atoms with Gasteiger partial charge in [0.1, 0.15) is 0 Å². The molecule has 0 aliphatic carbocycles. The number of alkyl halides is 2. The molecule has 1 aromatic carbocycles. The Morgan fingerprint density at radius 1 is 1.23 bits per heavy atom. The van der Waals surface area contributed by atoms with Gasteiger partial charge in [-0.15, -0.1) is 5.10 Å². The smallest absolute Gasteiger partial charge is 0.261 e. The number of halogens is 2. The minimum Gasteiger partial charge on any atom is -0.365 e. The van der Waals surface area contributed by atoms with Gasteiger partial charge in [-0.05, 0) is 17.7 Å². The fourth-order valence-electron chi connectivity index (χ4n) is 3.25. The number of likely N-dealkylation sites (tertiary alicyclic amines) is 1. The van der Waals surface area contributed by atoms with Gasteiger partial charge in [0.05, 0.1) is 17.8 Å². The highest BCUT2D eigenvalue weighted by molar-refractivity contribution is 5.99. The molecule has 26 heavy (non-hydrogen) atoms. The summed E-state index contributed by atoms with van der Waals surface area (Å²) in [5.74, 6) is -3.17. The molecule has 1 radical (unpaired) electrons. The normalized spacial score (nSPS) is 17.0. The van der Waals surface area contributed by atoms with Crippen LogP contribution in [0.1, 0.15) is 22.3 Å². The number of carbonyl (C=O) groups excluding carboxylic acids is 1. The molecule has 2 aromatic heterocycles. The van der Waals surface area contributed by atoms with E-state index in [1.807, 2.05) is 24.3 Å². The van der Waals surface area contributed by atoms with Crippen LogP contribution in [-0.2, 0) is 6.54 Å². The summed E-state index contributed by atoms with van der Waals surface area (Å²) in [6.45, 7) is 0.695. The van der Waals surface area contributed by atoms with Gasteiger partial charge in [0.25, 0.3) is 11.8 Å². The number of rotatable bonds is 4. The average Bonchev–Trinajstić information content (AvgIpc) is 3.21. The zero-order valence-corrected chi connectivity index (χ0v) is 13.8. The van der Waals surface area contributed by atoms with E-state index in [0.717, 1.165) is 16.8 Å². The Bertz CT molecular complexity index is 967. The van der Waals surface area contributed by atoms with Crippen molar-refractivity contribution in [3.63, 3.8) is 0 Å². The SMILES string of the molecule is NC(=O)c1ccc(-c2ccc(CN3CCC(F)(F)C3)cc2)n2n[c]nc12. The molecule has 0 atom stereocenters. The molecule has 1 aliphatic heterocycles. The van der Waals surface area contributed by atoms with Gasteiger partial charge in [0.15, 0.2) is 5.65 Å². The van der Waals surface area contributed by atoms with E-state index >= 15 is 0 Å². The van der Waals surface area contributed by atoms with Crippen molar-refractivity contribution < 1.29 is 13.6 Å². The molecule has 8 heteroatoms. The lowest BCUT2D eigenvalue weighted by Crippen LogP contribution is -2.24. The van der Waals surface area contributed by atoms with Crippen molar-refractivity contribution in [1.82, 2.24) is 19.5 Å². The lowest BCUT2D eigenvalue weighted by molar-refractivity contribution is 0.0115. The predicted octanol–water partition coefficient (Wildman–Crippen LogP) is 2.14. The van der Waals surface area contributed by atoms with Crippen molar-refractivity contribution in [1.29, 1.82) is 0 Å². The Morgan fingerprint density at radius 2 is 2.00 bits per heavy atom. The van der Waals surface area contributed by atoms with Crippen LogP contribution in [0.3, 0.4) is 0 Å². The van der Waals surface area contributed by atoms with E-state index in [-0.39, 0.29) is 18.5 Å². The summed E-state index contributed by atoms with van der Waals surface area (Å²) in [7, 11) is 0. The fraction of sp³-hybridized carbons (Fsp3) is 0.278. The molecule has 0 bridgehead atoms. The molecule has 0 spiro atoms. The van der Waals surface area contributed by atoms with Crippen LogP contribution in [0.15, 0.2) is 36.4 Å². The molecule has 4 rings (SSSR count). The number of aromatic nitrogens is 3. The number of benzene rings is 1. The maximum absolute atomic E-state index is 13.3. The molecule has 6 nitrogen and oxygen atoms in total. The number of pyridine rings is 1. The first kappa shape index (κ1) is 16.6. The molecule has 1 fully saturated rings. The Hall–Kier alpha value is -2.87. The van der Waals surface area contributed by atoms with Gasteiger partial charge in [-0.3, -0.25) is 9.69 Å². The fourth-order valence-corrected chi connectivity index (χ4v) is 3.25. The molecule has 1 amide bonds. The number of amides is 1. The Balaban J connectivity index is 1.60. The first-order valence-electron chi connectivity index (χ1n) is 8.18. The van der Waals surface area contributed by atoms with E-state index < -0.39 is 11.8 Å². The number of hydrogen-bond donors (Lipinski definition) is 1. The third-order valence-corrected chi connectivity index (χ3v) is 4.55. The second kappa shape index (κ2) is 6.14. The van der Waals surface area contributed by atoms with Crippen LogP contribution in [-0.4, -0.2) is 44.4 Å². The van der Waals surface area contributed by atoms with Crippen molar-refractivity contribution >= 4 is 11.6 Å². The summed E-state index contributed by atoms with van der Waals surface area (Å²) in [6, 6.07) is 10.9. The zero-order valence-electron chi connectivity index (χ0n) is 13.8. The van der Waals surface area contributed by atoms with Gasteiger partial charge >= 0.3 is 0 Å². The molecule has 133 valence electrons. The third-order valence-electron chi connectivity index (χ3n) is 4.55. The van der Waals surface area contributed by atoms with Crippen LogP contribution in [0.2, 0.25) is 0 Å². The van der Waals surface area contributed by atoms with Crippen molar-refractivity contribution in [2.75, 3.05) is 13.1 Å². The van der Waals surface area contributed by atoms with E-state index in [9.17, 15) is 13.6 Å². The van der Waals surface area contributed by atoms with Crippen LogP contribution in [0.5, 0.6) is 0 Å². The Morgan fingerprint density at radius 3 is 2.65 bits per heavy atom. The lowest BCUT2D eigenvalue weighted by atomic mass is 10.1. The number of nitrogens with zero attached hydrogens (tertiary/aromatic N) is 4. The topological polar surface area (TPSA) is 76.5 Å². The van der Waals surface area contributed by atoms with Crippen LogP contribution < -0.4 is 5.73 Å². The van der Waals surface area contributed by atoms with E-state index in [4.69, 9.17) is 5.73 Å². The molecule has 1 saturated heterocycles. The molecule has 1 aliphatic rings. The van der Waals surface area contributed by atoms with E-state index in [1.54, 1.807) is 17.0 Å². The highest BCUT2D eigenvalue weighted by Crippen LogP contribution is 2.28. The van der Waals surface area contributed by atoms with Crippen molar-refractivity contribution in [3.05, 3.63) is 53.9 Å². The zero-order chi connectivity index (χ0) is 18.3. The van der Waals surface area contributed by atoms with Crippen molar-refractivity contribution in [2.24, 2.45) is 5.73 Å². The highest BCUT2D eigenvalue weighted by Gasteiger charge is 2.37. The van der Waals surface area contributed by atoms with Crippen LogP contribution >= 0.6 is 0 Å². The molecular weight excluding hydrogens is 340 g/mol. The summed E-state index contributed by atoms with van der Waals surface area (Å²) in [4.78, 5) is 17.2. The van der Waals surface area contributed by atoms with Gasteiger partial charge in [0.2, 0.25) is 6.33 Å². The molecule has 0 unspecified atom stereocenters. The van der Waals surface area contributed by atoms with Crippen molar-refractivity contribution in [3.8, 4) is 11.3 Å². The second-order valence-corrected chi connectivity index (χ2v) is 6.46. The number of fused-ring (bicyclic) bond motifs is 1. The average molecular weight is 356 g/mol. The number of primary amides is 1. The molecule has 2 N–H and O–H groups in total. The summed E-state index contributed by atoms with van der Waals surface area (Å²) in [6.07, 6.45) is 2.40. The van der Waals surface area contributed by atoms with Crippen LogP contribution in [0.4, 0.5) is 8.78 Å². The van der Waals surface area contributed by atoms with Gasteiger partial charge in [-0.1, -0.05) is 24.3 Å². The Labute approximate surface area is 148 Å². The summed E-state index contributed by atoms with van der Waals surface area (Å²) in [5.41, 5.74) is 8.53. The minimum atomic E-state index is -2.59. The van der Waals surface area contributed by atoms with Crippen molar-refractivity contribution in [2.45, 2.75) is 18.9 Å². The number of carbonyl (C=O) groups is 1.